The van der Waals surface area contributed by atoms with Crippen LogP contribution in [0.1, 0.15) is 16.2 Å². The molecule has 0 saturated heterocycles. The van der Waals surface area contributed by atoms with Crippen LogP contribution in [0.5, 0.6) is 0 Å². The van der Waals surface area contributed by atoms with Crippen LogP contribution < -0.4 is 5.32 Å². The highest BCUT2D eigenvalue weighted by molar-refractivity contribution is 9.13. The standard InChI is InChI=1S/C12H12Br2N4O/c1-18-7-15-6-8(18)3-2-4-16-12(19)10-5-9(13)11(14)17-10/h2-3,5-7,17H,4H2,1H3,(H,16,19)/b3-2-. The van der Waals surface area contributed by atoms with E-state index in [-0.39, 0.29) is 5.91 Å². The molecule has 0 spiro atoms. The first-order valence-electron chi connectivity index (χ1n) is 5.53. The second-order valence-electron chi connectivity index (χ2n) is 3.89. The summed E-state index contributed by atoms with van der Waals surface area (Å²) in [6.45, 7) is 0.457. The molecule has 0 aliphatic rings. The number of nitrogens with zero attached hydrogens (tertiary/aromatic N) is 2. The first-order valence-corrected chi connectivity index (χ1v) is 7.11. The number of H-pyrrole nitrogens is 1. The van der Waals surface area contributed by atoms with Gasteiger partial charge in [0.2, 0.25) is 0 Å². The lowest BCUT2D eigenvalue weighted by Crippen LogP contribution is -2.23. The van der Waals surface area contributed by atoms with Crippen molar-refractivity contribution in [2.24, 2.45) is 7.05 Å². The summed E-state index contributed by atoms with van der Waals surface area (Å²) in [5.74, 6) is -0.152. The number of aromatic amines is 1. The molecular formula is C12H12Br2N4O. The predicted molar refractivity (Wildman–Crippen MR) is 80.8 cm³/mol. The van der Waals surface area contributed by atoms with Crippen molar-refractivity contribution in [2.45, 2.75) is 0 Å². The number of rotatable bonds is 4. The maximum atomic E-state index is 11.8. The lowest BCUT2D eigenvalue weighted by Gasteiger charge is -1.99. The summed E-state index contributed by atoms with van der Waals surface area (Å²) in [6.07, 6.45) is 7.28. The molecule has 7 heteroatoms. The summed E-state index contributed by atoms with van der Waals surface area (Å²) < 4.78 is 3.48. The average Bonchev–Trinajstić information content (AvgIpc) is 2.92. The fourth-order valence-corrected chi connectivity index (χ4v) is 2.14. The maximum Gasteiger partial charge on any atom is 0.268 e. The van der Waals surface area contributed by atoms with Crippen LogP contribution in [0.15, 0.2) is 33.7 Å². The number of nitrogens with one attached hydrogen (secondary N) is 2. The summed E-state index contributed by atoms with van der Waals surface area (Å²) >= 11 is 6.61. The van der Waals surface area contributed by atoms with Gasteiger partial charge in [-0.15, -0.1) is 0 Å². The van der Waals surface area contributed by atoms with Crippen LogP contribution in [0.4, 0.5) is 0 Å². The third kappa shape index (κ3) is 3.57. The Kier molecular flexibility index (Phi) is 4.60. The summed E-state index contributed by atoms with van der Waals surface area (Å²) in [5, 5.41) is 2.79. The zero-order valence-electron chi connectivity index (χ0n) is 10.2. The molecule has 2 rings (SSSR count). The molecule has 19 heavy (non-hydrogen) atoms. The first kappa shape index (κ1) is 14.1. The van der Waals surface area contributed by atoms with Crippen molar-refractivity contribution in [3.63, 3.8) is 0 Å². The molecule has 0 radical (unpaired) electrons. The Morgan fingerprint density at radius 3 is 2.95 bits per heavy atom. The van der Waals surface area contributed by atoms with Gasteiger partial charge in [0.25, 0.3) is 5.91 Å². The smallest absolute Gasteiger partial charge is 0.268 e. The normalized spacial score (nSPS) is 11.1. The topological polar surface area (TPSA) is 62.7 Å². The SMILES string of the molecule is Cn1cncc1/C=C\CNC(=O)c1cc(Br)c(Br)[nH]1. The van der Waals surface area contributed by atoms with Crippen LogP contribution in [0.3, 0.4) is 0 Å². The molecule has 100 valence electrons. The van der Waals surface area contributed by atoms with Crippen LogP contribution in [0, 0.1) is 0 Å². The van der Waals surface area contributed by atoms with E-state index < -0.39 is 0 Å². The van der Waals surface area contributed by atoms with E-state index in [4.69, 9.17) is 0 Å². The van der Waals surface area contributed by atoms with Gasteiger partial charge in [0.05, 0.1) is 27.3 Å². The van der Waals surface area contributed by atoms with E-state index in [9.17, 15) is 4.79 Å². The molecule has 2 heterocycles. The predicted octanol–water partition coefficient (Wildman–Crippen LogP) is 2.72. The number of amides is 1. The molecule has 0 aliphatic carbocycles. The maximum absolute atomic E-state index is 11.8. The minimum Gasteiger partial charge on any atom is -0.347 e. The highest BCUT2D eigenvalue weighted by Crippen LogP contribution is 2.22. The molecule has 2 aromatic rings. The van der Waals surface area contributed by atoms with Gasteiger partial charge in [-0.3, -0.25) is 4.79 Å². The number of imidazole rings is 1. The quantitative estimate of drug-likeness (QED) is 0.847. The lowest BCUT2D eigenvalue weighted by atomic mass is 10.3. The van der Waals surface area contributed by atoms with Gasteiger partial charge in [-0.1, -0.05) is 6.08 Å². The Labute approximate surface area is 127 Å². The van der Waals surface area contributed by atoms with Crippen LogP contribution in [-0.4, -0.2) is 27.0 Å². The Bertz CT molecular complexity index is 596. The van der Waals surface area contributed by atoms with Crippen molar-refractivity contribution in [3.8, 4) is 0 Å². The van der Waals surface area contributed by atoms with Crippen molar-refractivity contribution >= 4 is 43.8 Å². The molecule has 0 saturated carbocycles. The highest BCUT2D eigenvalue weighted by atomic mass is 79.9. The van der Waals surface area contributed by atoms with Crippen LogP contribution in [0.2, 0.25) is 0 Å². The van der Waals surface area contributed by atoms with Gasteiger partial charge in [0.1, 0.15) is 5.69 Å². The lowest BCUT2D eigenvalue weighted by molar-refractivity contribution is 0.0953. The van der Waals surface area contributed by atoms with E-state index in [1.807, 2.05) is 23.8 Å². The summed E-state index contributed by atoms with van der Waals surface area (Å²) in [6, 6.07) is 1.73. The number of hydrogen-bond acceptors (Lipinski definition) is 2. The molecule has 1 amide bonds. The van der Waals surface area contributed by atoms with Crippen molar-refractivity contribution in [1.82, 2.24) is 19.9 Å². The summed E-state index contributed by atoms with van der Waals surface area (Å²) in [5.41, 5.74) is 1.49. The van der Waals surface area contributed by atoms with Gasteiger partial charge < -0.3 is 14.9 Å². The number of halogens is 2. The van der Waals surface area contributed by atoms with Crippen LogP contribution in [0.25, 0.3) is 6.08 Å². The van der Waals surface area contributed by atoms with E-state index >= 15 is 0 Å². The fourth-order valence-electron chi connectivity index (χ4n) is 1.48. The molecule has 2 N–H and O–H groups in total. The van der Waals surface area contributed by atoms with Gasteiger partial charge in [-0.25, -0.2) is 4.98 Å². The van der Waals surface area contributed by atoms with Crippen LogP contribution in [-0.2, 0) is 7.05 Å². The van der Waals surface area contributed by atoms with Crippen molar-refractivity contribution in [1.29, 1.82) is 0 Å². The molecule has 0 aliphatic heterocycles. The average molecular weight is 388 g/mol. The number of hydrogen-bond donors (Lipinski definition) is 2. The van der Waals surface area contributed by atoms with E-state index in [2.05, 4.69) is 47.1 Å². The first-order chi connectivity index (χ1) is 9.08. The minimum atomic E-state index is -0.152. The Morgan fingerprint density at radius 2 is 2.37 bits per heavy atom. The zero-order chi connectivity index (χ0) is 13.8. The van der Waals surface area contributed by atoms with Gasteiger partial charge in [0, 0.05) is 13.6 Å². The van der Waals surface area contributed by atoms with E-state index in [1.165, 1.54) is 0 Å². The van der Waals surface area contributed by atoms with Gasteiger partial charge >= 0.3 is 0 Å². The Balaban J connectivity index is 1.87. The zero-order valence-corrected chi connectivity index (χ0v) is 13.3. The van der Waals surface area contributed by atoms with E-state index in [1.54, 1.807) is 18.6 Å². The number of carbonyl (C=O) groups excluding carboxylic acids is 1. The van der Waals surface area contributed by atoms with Crippen molar-refractivity contribution < 1.29 is 4.79 Å². The second kappa shape index (κ2) is 6.21. The summed E-state index contributed by atoms with van der Waals surface area (Å²) in [4.78, 5) is 18.7. The van der Waals surface area contributed by atoms with Crippen molar-refractivity contribution in [2.75, 3.05) is 6.54 Å². The fraction of sp³-hybridized carbons (Fsp3) is 0.167. The molecular weight excluding hydrogens is 376 g/mol. The number of carbonyl (C=O) groups is 1. The van der Waals surface area contributed by atoms with E-state index in [0.29, 0.717) is 12.2 Å². The molecule has 2 aromatic heterocycles. The molecule has 0 aromatic carbocycles. The summed E-state index contributed by atoms with van der Waals surface area (Å²) in [7, 11) is 1.92. The van der Waals surface area contributed by atoms with Gasteiger partial charge in [-0.2, -0.15) is 0 Å². The van der Waals surface area contributed by atoms with Crippen LogP contribution >= 0.6 is 31.9 Å². The van der Waals surface area contributed by atoms with Gasteiger partial charge in [0.15, 0.2) is 0 Å². The third-order valence-corrected chi connectivity index (χ3v) is 4.28. The highest BCUT2D eigenvalue weighted by Gasteiger charge is 2.09. The Morgan fingerprint density at radius 1 is 1.58 bits per heavy atom. The monoisotopic (exact) mass is 386 g/mol. The van der Waals surface area contributed by atoms with Crippen molar-refractivity contribution in [3.05, 3.63) is 45.1 Å². The molecule has 5 nitrogen and oxygen atoms in total. The van der Waals surface area contributed by atoms with E-state index in [0.717, 1.165) is 14.8 Å². The number of aryl methyl sites for hydroxylation is 1. The minimum absolute atomic E-state index is 0.152. The number of aromatic nitrogens is 3. The Hall–Kier alpha value is -1.34. The second-order valence-corrected chi connectivity index (χ2v) is 5.53. The molecule has 0 atom stereocenters. The largest absolute Gasteiger partial charge is 0.347 e. The molecule has 0 unspecified atom stereocenters. The third-order valence-electron chi connectivity index (χ3n) is 2.49. The van der Waals surface area contributed by atoms with Gasteiger partial charge in [-0.05, 0) is 44.0 Å². The molecule has 0 bridgehead atoms. The molecule has 0 fully saturated rings.